The van der Waals surface area contributed by atoms with Crippen molar-refractivity contribution < 1.29 is 4.79 Å². The molecule has 0 atom stereocenters. The Labute approximate surface area is 72.8 Å². The lowest BCUT2D eigenvalue weighted by molar-refractivity contribution is 0.111. The third-order valence-corrected chi connectivity index (χ3v) is 1.86. The summed E-state index contributed by atoms with van der Waals surface area (Å²) in [7, 11) is 0. The van der Waals surface area contributed by atoms with Crippen molar-refractivity contribution in [3.63, 3.8) is 0 Å². The monoisotopic (exact) mass is 181 g/mol. The Morgan fingerprint density at radius 2 is 2.42 bits per heavy atom. The van der Waals surface area contributed by atoms with Crippen LogP contribution in [0.3, 0.4) is 0 Å². The Morgan fingerprint density at radius 1 is 1.58 bits per heavy atom. The second-order valence-corrected chi connectivity index (χ2v) is 2.55. The van der Waals surface area contributed by atoms with E-state index in [-0.39, 0.29) is 5.69 Å². The summed E-state index contributed by atoms with van der Waals surface area (Å²) in [5.74, 6) is 0.435. The molecule has 2 heterocycles. The molecule has 0 saturated carbocycles. The van der Waals surface area contributed by atoms with Crippen LogP contribution in [-0.2, 0) is 0 Å². The van der Waals surface area contributed by atoms with Crippen LogP contribution in [0.5, 0.6) is 0 Å². The highest BCUT2D eigenvalue weighted by Gasteiger charge is 2.07. The van der Waals surface area contributed by atoms with Gasteiger partial charge in [0.1, 0.15) is 10.8 Å². The first-order chi connectivity index (χ1) is 5.83. The maximum absolute atomic E-state index is 10.4. The maximum atomic E-state index is 10.4. The van der Waals surface area contributed by atoms with E-state index in [1.54, 1.807) is 22.9 Å². The predicted octanol–water partition coefficient (Wildman–Crippen LogP) is 1.20. The minimum Gasteiger partial charge on any atom is -0.296 e. The topological polar surface area (TPSA) is 47.3 Å². The van der Waals surface area contributed by atoms with Crippen LogP contribution in [0.4, 0.5) is 0 Å². The molecule has 0 aliphatic carbocycles. The quantitative estimate of drug-likeness (QED) is 0.621. The van der Waals surface area contributed by atoms with Crippen LogP contribution >= 0.6 is 11.6 Å². The van der Waals surface area contributed by atoms with Crippen molar-refractivity contribution in [3.8, 4) is 0 Å². The zero-order valence-electron chi connectivity index (χ0n) is 5.94. The lowest BCUT2D eigenvalue weighted by Crippen LogP contribution is -1.84. The van der Waals surface area contributed by atoms with E-state index in [1.807, 2.05) is 0 Å². The number of aldehydes is 1. The molecule has 4 nitrogen and oxygen atoms in total. The smallest absolute Gasteiger partial charge is 0.235 e. The van der Waals surface area contributed by atoms with Gasteiger partial charge in [-0.15, -0.1) is 0 Å². The average Bonchev–Trinajstić information content (AvgIpc) is 2.44. The van der Waals surface area contributed by atoms with E-state index >= 15 is 0 Å². The Morgan fingerprint density at radius 3 is 3.08 bits per heavy atom. The van der Waals surface area contributed by atoms with E-state index in [2.05, 4.69) is 9.97 Å². The molecule has 0 fully saturated rings. The van der Waals surface area contributed by atoms with Crippen molar-refractivity contribution in [2.45, 2.75) is 0 Å². The van der Waals surface area contributed by atoms with Crippen LogP contribution in [-0.4, -0.2) is 20.7 Å². The minimum absolute atomic E-state index is 0.218. The average molecular weight is 182 g/mol. The van der Waals surface area contributed by atoms with E-state index in [0.717, 1.165) is 0 Å². The molecule has 0 N–H and O–H groups in total. The van der Waals surface area contributed by atoms with Crippen LogP contribution in [0.2, 0.25) is 5.15 Å². The zero-order valence-corrected chi connectivity index (χ0v) is 6.69. The standard InChI is InChI=1S/C7H4ClN3O/c8-6-5(4-12)10-7-9-2-1-3-11(6)7/h1-4H. The van der Waals surface area contributed by atoms with Gasteiger partial charge >= 0.3 is 0 Å². The van der Waals surface area contributed by atoms with Gasteiger partial charge in [-0.25, -0.2) is 9.97 Å². The van der Waals surface area contributed by atoms with Crippen LogP contribution in [0, 0.1) is 0 Å². The summed E-state index contributed by atoms with van der Waals surface area (Å²) in [5, 5.41) is 0.299. The number of hydrogen-bond acceptors (Lipinski definition) is 3. The van der Waals surface area contributed by atoms with Crippen molar-refractivity contribution in [3.05, 3.63) is 29.3 Å². The molecule has 0 amide bonds. The molecule has 2 aromatic heterocycles. The molecular weight excluding hydrogens is 178 g/mol. The van der Waals surface area contributed by atoms with E-state index in [9.17, 15) is 4.79 Å². The third kappa shape index (κ3) is 0.887. The van der Waals surface area contributed by atoms with E-state index in [0.29, 0.717) is 17.2 Å². The number of carbonyl (C=O) groups is 1. The van der Waals surface area contributed by atoms with Gasteiger partial charge < -0.3 is 0 Å². The molecule has 0 saturated heterocycles. The summed E-state index contributed by atoms with van der Waals surface area (Å²) in [5.41, 5.74) is 0.218. The summed E-state index contributed by atoms with van der Waals surface area (Å²) in [4.78, 5) is 18.2. The summed E-state index contributed by atoms with van der Waals surface area (Å²) in [6, 6.07) is 1.72. The van der Waals surface area contributed by atoms with Crippen molar-refractivity contribution in [1.82, 2.24) is 14.4 Å². The second kappa shape index (κ2) is 2.57. The van der Waals surface area contributed by atoms with Gasteiger partial charge in [-0.1, -0.05) is 11.6 Å². The molecule has 5 heteroatoms. The highest BCUT2D eigenvalue weighted by molar-refractivity contribution is 6.32. The molecule has 0 aliphatic rings. The van der Waals surface area contributed by atoms with Gasteiger partial charge in [-0.3, -0.25) is 9.20 Å². The highest BCUT2D eigenvalue weighted by Crippen LogP contribution is 2.14. The summed E-state index contributed by atoms with van der Waals surface area (Å²) >= 11 is 5.79. The first-order valence-electron chi connectivity index (χ1n) is 3.26. The van der Waals surface area contributed by atoms with Gasteiger partial charge in [-0.2, -0.15) is 0 Å². The Hall–Kier alpha value is -1.42. The van der Waals surface area contributed by atoms with Crippen LogP contribution in [0.1, 0.15) is 10.5 Å². The summed E-state index contributed by atoms with van der Waals surface area (Å²) in [6.07, 6.45) is 3.90. The predicted molar refractivity (Wildman–Crippen MR) is 43.4 cm³/mol. The van der Waals surface area contributed by atoms with Crippen molar-refractivity contribution in [2.24, 2.45) is 0 Å². The molecule has 60 valence electrons. The molecule has 0 spiro atoms. The number of hydrogen-bond donors (Lipinski definition) is 0. The normalized spacial score (nSPS) is 10.4. The fourth-order valence-corrected chi connectivity index (χ4v) is 1.17. The molecule has 2 rings (SSSR count). The van der Waals surface area contributed by atoms with Crippen LogP contribution in [0.15, 0.2) is 18.5 Å². The molecule has 0 aromatic carbocycles. The molecule has 0 radical (unpaired) electrons. The SMILES string of the molecule is O=Cc1nc2ncccn2c1Cl. The van der Waals surface area contributed by atoms with E-state index in [4.69, 9.17) is 11.6 Å². The summed E-state index contributed by atoms with van der Waals surface area (Å²) in [6.45, 7) is 0. The molecule has 12 heavy (non-hydrogen) atoms. The number of aromatic nitrogens is 3. The first kappa shape index (κ1) is 7.24. The van der Waals surface area contributed by atoms with Gasteiger partial charge in [0.25, 0.3) is 0 Å². The molecule has 0 bridgehead atoms. The fourth-order valence-electron chi connectivity index (χ4n) is 0.951. The Balaban J connectivity index is 2.87. The summed E-state index contributed by atoms with van der Waals surface area (Å²) < 4.78 is 1.55. The Bertz CT molecular complexity index is 437. The minimum atomic E-state index is 0.218. The number of halogens is 1. The fraction of sp³-hybridized carbons (Fsp3) is 0. The molecule has 2 aromatic rings. The van der Waals surface area contributed by atoms with Crippen molar-refractivity contribution >= 4 is 23.7 Å². The van der Waals surface area contributed by atoms with Gasteiger partial charge in [0.05, 0.1) is 0 Å². The number of rotatable bonds is 1. The highest BCUT2D eigenvalue weighted by atomic mass is 35.5. The van der Waals surface area contributed by atoms with E-state index < -0.39 is 0 Å². The van der Waals surface area contributed by atoms with E-state index in [1.165, 1.54) is 0 Å². The molecule has 0 aliphatic heterocycles. The van der Waals surface area contributed by atoms with Gasteiger partial charge in [0.2, 0.25) is 5.78 Å². The van der Waals surface area contributed by atoms with Crippen LogP contribution in [0.25, 0.3) is 5.78 Å². The zero-order chi connectivity index (χ0) is 8.55. The largest absolute Gasteiger partial charge is 0.296 e. The van der Waals surface area contributed by atoms with Crippen molar-refractivity contribution in [1.29, 1.82) is 0 Å². The molecular formula is C7H4ClN3O. The molecule has 0 unspecified atom stereocenters. The lowest BCUT2D eigenvalue weighted by Gasteiger charge is -1.89. The van der Waals surface area contributed by atoms with Crippen LogP contribution < -0.4 is 0 Å². The Kier molecular flexibility index (Phi) is 1.55. The lowest BCUT2D eigenvalue weighted by atomic mass is 10.5. The van der Waals surface area contributed by atoms with Gasteiger partial charge in [0, 0.05) is 12.4 Å². The maximum Gasteiger partial charge on any atom is 0.235 e. The number of fused-ring (bicyclic) bond motifs is 1. The van der Waals surface area contributed by atoms with Gasteiger partial charge in [-0.05, 0) is 6.07 Å². The first-order valence-corrected chi connectivity index (χ1v) is 3.64. The number of carbonyl (C=O) groups excluding carboxylic acids is 1. The number of imidazole rings is 1. The third-order valence-electron chi connectivity index (χ3n) is 1.48. The van der Waals surface area contributed by atoms with Gasteiger partial charge in [0.15, 0.2) is 6.29 Å². The second-order valence-electron chi connectivity index (χ2n) is 2.20. The van der Waals surface area contributed by atoms with Crippen molar-refractivity contribution in [2.75, 3.05) is 0 Å². The number of nitrogens with zero attached hydrogens (tertiary/aromatic N) is 3.